The first-order valence-electron chi connectivity index (χ1n) is 10.9. The predicted molar refractivity (Wildman–Crippen MR) is 144 cm³/mol. The van der Waals surface area contributed by atoms with Gasteiger partial charge in [0.2, 0.25) is 10.0 Å². The molecule has 0 saturated carbocycles. The minimum absolute atomic E-state index is 0.0457. The smallest absolute Gasteiger partial charge is 0.307 e. The van der Waals surface area contributed by atoms with Crippen molar-refractivity contribution in [1.29, 1.82) is 0 Å². The van der Waals surface area contributed by atoms with E-state index in [9.17, 15) is 18.0 Å². The first-order valence-corrected chi connectivity index (χ1v) is 13.9. The number of carbonyl (C=O) groups excluding carboxylic acids is 1. The first kappa shape index (κ1) is 26.9. The average Bonchev–Trinajstić information content (AvgIpc) is 3.13. The number of halogens is 3. The fraction of sp³-hybridized carbons (Fsp3) is 0.217. The van der Waals surface area contributed by atoms with Crippen molar-refractivity contribution >= 4 is 56.5 Å². The molecule has 2 aliphatic heterocycles. The number of hydrogen-bond acceptors (Lipinski definition) is 6. The number of H-pyrrole nitrogens is 1. The minimum Gasteiger partial charge on any atom is -0.307 e. The molecule has 0 saturated heterocycles. The Bertz CT molecular complexity index is 1610. The zero-order valence-corrected chi connectivity index (χ0v) is 22.8. The lowest BCUT2D eigenvalue weighted by Gasteiger charge is -2.12. The van der Waals surface area contributed by atoms with E-state index in [1.807, 2.05) is 18.6 Å². The molecule has 14 heteroatoms. The van der Waals surface area contributed by atoms with E-state index >= 15 is 0 Å². The highest BCUT2D eigenvalue weighted by atomic mass is 35.5. The van der Waals surface area contributed by atoms with Crippen LogP contribution in [0.1, 0.15) is 36.8 Å². The quantitative estimate of drug-likeness (QED) is 0.298. The SMILES string of the molecule is CC(C)c1[nH]n(-c2c(Cl)cc(Cl)cc2Cl)c2nc(Cc3ccc(NC(=O)NS(C)(=O)=O)cc3)nc(=O)c1-2. The third-order valence-electron chi connectivity index (χ3n) is 5.25. The Kier molecular flexibility index (Phi) is 7.52. The van der Waals surface area contributed by atoms with Crippen molar-refractivity contribution in [2.45, 2.75) is 26.2 Å². The van der Waals surface area contributed by atoms with Crippen LogP contribution in [-0.2, 0) is 16.4 Å². The molecule has 10 nitrogen and oxygen atoms in total. The van der Waals surface area contributed by atoms with E-state index in [4.69, 9.17) is 34.8 Å². The van der Waals surface area contributed by atoms with Crippen LogP contribution in [-0.4, -0.2) is 40.5 Å². The number of aromatic nitrogens is 4. The Morgan fingerprint density at radius 3 is 2.27 bits per heavy atom. The van der Waals surface area contributed by atoms with Gasteiger partial charge in [-0.15, -0.1) is 0 Å². The van der Waals surface area contributed by atoms with Gasteiger partial charge < -0.3 is 5.32 Å². The lowest BCUT2D eigenvalue weighted by molar-refractivity contribution is 0.256. The number of sulfonamides is 1. The van der Waals surface area contributed by atoms with Crippen LogP contribution in [0.3, 0.4) is 0 Å². The summed E-state index contributed by atoms with van der Waals surface area (Å²) in [5.41, 5.74) is 2.05. The number of carbonyl (C=O) groups is 1. The number of rotatable bonds is 6. The molecule has 0 spiro atoms. The number of benzene rings is 2. The molecule has 0 aliphatic carbocycles. The second-order valence-electron chi connectivity index (χ2n) is 8.58. The van der Waals surface area contributed by atoms with Crippen molar-refractivity contribution in [2.24, 2.45) is 0 Å². The van der Waals surface area contributed by atoms with Crippen LogP contribution in [0, 0.1) is 0 Å². The minimum atomic E-state index is -3.69. The molecule has 0 radical (unpaired) electrons. The summed E-state index contributed by atoms with van der Waals surface area (Å²) in [4.78, 5) is 33.7. The highest BCUT2D eigenvalue weighted by Gasteiger charge is 2.27. The van der Waals surface area contributed by atoms with Crippen LogP contribution in [0.2, 0.25) is 15.1 Å². The van der Waals surface area contributed by atoms with Gasteiger partial charge in [-0.2, -0.15) is 4.98 Å². The van der Waals surface area contributed by atoms with E-state index in [2.05, 4.69) is 20.4 Å². The molecule has 0 atom stereocenters. The van der Waals surface area contributed by atoms with Crippen molar-refractivity contribution in [3.05, 3.63) is 78.9 Å². The van der Waals surface area contributed by atoms with Gasteiger partial charge in [-0.1, -0.05) is 60.8 Å². The lowest BCUT2D eigenvalue weighted by Crippen LogP contribution is -2.33. The van der Waals surface area contributed by atoms with Crippen LogP contribution < -0.4 is 15.6 Å². The summed E-state index contributed by atoms with van der Waals surface area (Å²) in [6.07, 6.45) is 1.09. The van der Waals surface area contributed by atoms with E-state index in [1.165, 1.54) is 0 Å². The van der Waals surface area contributed by atoms with Crippen LogP contribution in [0.4, 0.5) is 10.5 Å². The molecule has 2 aromatic carbocycles. The number of amides is 2. The zero-order chi connectivity index (χ0) is 27.1. The normalized spacial score (nSPS) is 11.8. The first-order chi connectivity index (χ1) is 17.3. The van der Waals surface area contributed by atoms with Crippen LogP contribution in [0.15, 0.2) is 41.2 Å². The third kappa shape index (κ3) is 6.07. The summed E-state index contributed by atoms with van der Waals surface area (Å²) in [5, 5.41) is 6.53. The van der Waals surface area contributed by atoms with Gasteiger partial charge in [0.15, 0.2) is 5.82 Å². The number of nitrogens with one attached hydrogen (secondary N) is 3. The van der Waals surface area contributed by atoms with Crippen molar-refractivity contribution < 1.29 is 13.2 Å². The van der Waals surface area contributed by atoms with Gasteiger partial charge in [0.05, 0.1) is 22.0 Å². The molecule has 4 rings (SSSR count). The van der Waals surface area contributed by atoms with Gasteiger partial charge in [-0.05, 0) is 35.7 Å². The maximum atomic E-state index is 13.1. The highest BCUT2D eigenvalue weighted by Crippen LogP contribution is 2.36. The second kappa shape index (κ2) is 10.3. The second-order valence-corrected chi connectivity index (χ2v) is 11.6. The van der Waals surface area contributed by atoms with Gasteiger partial charge in [0.1, 0.15) is 17.1 Å². The topological polar surface area (TPSA) is 139 Å². The molecule has 0 bridgehead atoms. The number of nitrogens with zero attached hydrogens (tertiary/aromatic N) is 3. The van der Waals surface area contributed by atoms with E-state index in [0.717, 1.165) is 11.8 Å². The molecule has 2 aliphatic rings. The van der Waals surface area contributed by atoms with Crippen molar-refractivity contribution in [1.82, 2.24) is 24.5 Å². The lowest BCUT2D eigenvalue weighted by atomic mass is 10.1. The maximum Gasteiger partial charge on any atom is 0.332 e. The number of hydrogen-bond donors (Lipinski definition) is 3. The molecule has 0 unspecified atom stereocenters. The van der Waals surface area contributed by atoms with Crippen molar-refractivity contribution in [3.8, 4) is 17.1 Å². The summed E-state index contributed by atoms with van der Waals surface area (Å²) >= 11 is 19.0. The number of aromatic amines is 1. The third-order valence-corrected chi connectivity index (χ3v) is 6.60. The molecule has 0 aromatic heterocycles. The molecular weight excluding hydrogens is 563 g/mol. The molecule has 2 heterocycles. The Morgan fingerprint density at radius 1 is 1.08 bits per heavy atom. The van der Waals surface area contributed by atoms with E-state index in [-0.39, 0.29) is 28.2 Å². The summed E-state index contributed by atoms with van der Waals surface area (Å²) in [7, 11) is -3.69. The monoisotopic (exact) mass is 582 g/mol. The molecule has 3 N–H and O–H groups in total. The standard InChI is InChI=1S/C23H21Cl3N6O4S/c1-11(2)19-18-21(32(30-19)20-15(25)9-13(24)10-16(20)26)28-17(29-22(18)33)8-12-4-6-14(7-5-12)27-23(34)31-37(3,35)36/h4-7,9-11,30H,8H2,1-3H3,(H2,27,31,34). The molecule has 0 fully saturated rings. The van der Waals surface area contributed by atoms with E-state index < -0.39 is 21.6 Å². The fourth-order valence-electron chi connectivity index (χ4n) is 3.72. The molecule has 2 amide bonds. The Labute approximate surface area is 227 Å². The molecule has 194 valence electrons. The predicted octanol–water partition coefficient (Wildman–Crippen LogP) is 4.82. The van der Waals surface area contributed by atoms with Gasteiger partial charge in [0.25, 0.3) is 5.56 Å². The molecule has 2 aromatic rings. The van der Waals surface area contributed by atoms with Crippen LogP contribution in [0.25, 0.3) is 17.1 Å². The Balaban J connectivity index is 1.70. The van der Waals surface area contributed by atoms with Gasteiger partial charge in [-0.25, -0.2) is 27.6 Å². The summed E-state index contributed by atoms with van der Waals surface area (Å²) in [6, 6.07) is 8.80. The fourth-order valence-corrected chi connectivity index (χ4v) is 5.09. The van der Waals surface area contributed by atoms with Crippen molar-refractivity contribution in [2.75, 3.05) is 11.6 Å². The largest absolute Gasteiger partial charge is 0.332 e. The summed E-state index contributed by atoms with van der Waals surface area (Å²) < 4.78 is 25.7. The van der Waals surface area contributed by atoms with Gasteiger partial charge >= 0.3 is 6.03 Å². The Morgan fingerprint density at radius 2 is 1.70 bits per heavy atom. The summed E-state index contributed by atoms with van der Waals surface area (Å²) in [5.74, 6) is 0.536. The van der Waals surface area contributed by atoms with E-state index in [0.29, 0.717) is 33.5 Å². The maximum absolute atomic E-state index is 13.1. The summed E-state index contributed by atoms with van der Waals surface area (Å²) in [6.45, 7) is 3.86. The highest BCUT2D eigenvalue weighted by molar-refractivity contribution is 7.89. The van der Waals surface area contributed by atoms with Gasteiger partial charge in [-0.3, -0.25) is 9.89 Å². The molecular formula is C23H21Cl3N6O4S. The number of anilines is 1. The van der Waals surface area contributed by atoms with Crippen molar-refractivity contribution in [3.63, 3.8) is 0 Å². The molecule has 37 heavy (non-hydrogen) atoms. The van der Waals surface area contributed by atoms with Crippen LogP contribution >= 0.6 is 34.8 Å². The Hall–Kier alpha value is -3.12. The number of urea groups is 1. The zero-order valence-electron chi connectivity index (χ0n) is 19.8. The number of fused-ring (bicyclic) bond motifs is 1. The van der Waals surface area contributed by atoms with E-state index in [1.54, 1.807) is 41.1 Å². The van der Waals surface area contributed by atoms with Crippen LogP contribution in [0.5, 0.6) is 0 Å². The average molecular weight is 584 g/mol. The van der Waals surface area contributed by atoms with Gasteiger partial charge in [0, 0.05) is 17.1 Å².